The molecule has 2 heterocycles. The Bertz CT molecular complexity index is 764. The largest absolute Gasteiger partial charge is 0.393 e. The fourth-order valence-electron chi connectivity index (χ4n) is 10.0. The van der Waals surface area contributed by atoms with Crippen molar-refractivity contribution in [2.24, 2.45) is 46.8 Å². The number of nitrogens with zero attached hydrogens (tertiary/aromatic N) is 1. The van der Waals surface area contributed by atoms with Crippen LogP contribution in [0.1, 0.15) is 72.1 Å². The summed E-state index contributed by atoms with van der Waals surface area (Å²) >= 11 is 0. The SMILES string of the molecule is C[C@@H]1CC(O)C2[C@H](C)C3CCC4C5=C(C(O)C4[C@@H]3CN2C1)[C@@]1(C)CC[C@H](O)C[C@H]1CC5. The Kier molecular flexibility index (Phi) is 4.97. The minimum Gasteiger partial charge on any atom is -0.393 e. The highest BCUT2D eigenvalue weighted by Gasteiger charge is 2.60. The molecule has 6 unspecified atom stereocenters. The van der Waals surface area contributed by atoms with Gasteiger partial charge < -0.3 is 15.3 Å². The lowest BCUT2D eigenvalue weighted by Crippen LogP contribution is -2.63. The Morgan fingerprint density at radius 3 is 2.55 bits per heavy atom. The van der Waals surface area contributed by atoms with Crippen LogP contribution in [-0.2, 0) is 0 Å². The molecule has 2 saturated heterocycles. The molecule has 4 fully saturated rings. The van der Waals surface area contributed by atoms with Gasteiger partial charge >= 0.3 is 0 Å². The number of hydrogen-bond acceptors (Lipinski definition) is 4. The van der Waals surface area contributed by atoms with Gasteiger partial charge in [-0.05, 0) is 104 Å². The molecule has 0 radical (unpaired) electrons. The molecule has 4 aliphatic carbocycles. The molecule has 0 amide bonds. The maximum atomic E-state index is 11.9. The van der Waals surface area contributed by atoms with Crippen molar-refractivity contribution in [3.05, 3.63) is 11.1 Å². The molecule has 0 aromatic carbocycles. The van der Waals surface area contributed by atoms with E-state index in [9.17, 15) is 15.3 Å². The van der Waals surface area contributed by atoms with Gasteiger partial charge in [-0.25, -0.2) is 0 Å². The summed E-state index contributed by atoms with van der Waals surface area (Å²) in [5, 5.41) is 33.1. The summed E-state index contributed by atoms with van der Waals surface area (Å²) in [6.07, 6.45) is 8.02. The summed E-state index contributed by atoms with van der Waals surface area (Å²) in [6, 6.07) is 0.317. The van der Waals surface area contributed by atoms with Gasteiger partial charge in [0.15, 0.2) is 0 Å². The van der Waals surface area contributed by atoms with Crippen molar-refractivity contribution in [2.75, 3.05) is 13.1 Å². The zero-order valence-corrected chi connectivity index (χ0v) is 19.7. The van der Waals surface area contributed by atoms with E-state index < -0.39 is 0 Å². The van der Waals surface area contributed by atoms with E-state index in [-0.39, 0.29) is 23.7 Å². The molecule has 2 saturated carbocycles. The minimum atomic E-state index is -0.285. The fourth-order valence-corrected chi connectivity index (χ4v) is 10.0. The highest BCUT2D eigenvalue weighted by molar-refractivity contribution is 5.39. The Hall–Kier alpha value is -0.420. The van der Waals surface area contributed by atoms with Crippen LogP contribution in [0.2, 0.25) is 0 Å². The predicted octanol–water partition coefficient (Wildman–Crippen LogP) is 3.60. The second kappa shape index (κ2) is 7.29. The molecule has 174 valence electrons. The quantitative estimate of drug-likeness (QED) is 0.515. The summed E-state index contributed by atoms with van der Waals surface area (Å²) in [5.74, 6) is 3.75. The molecule has 2 aliphatic heterocycles. The molecular formula is C27H43NO3. The first-order valence-electron chi connectivity index (χ1n) is 13.3. The molecule has 0 aromatic rings. The van der Waals surface area contributed by atoms with Crippen LogP contribution in [0.15, 0.2) is 11.1 Å². The summed E-state index contributed by atoms with van der Waals surface area (Å²) < 4.78 is 0. The fraction of sp³-hybridized carbons (Fsp3) is 0.926. The van der Waals surface area contributed by atoms with Crippen molar-refractivity contribution >= 4 is 0 Å². The molecule has 0 aromatic heterocycles. The topological polar surface area (TPSA) is 63.9 Å². The van der Waals surface area contributed by atoms with Crippen LogP contribution in [0, 0.1) is 46.8 Å². The van der Waals surface area contributed by atoms with E-state index in [2.05, 4.69) is 25.7 Å². The van der Waals surface area contributed by atoms with Gasteiger partial charge in [0.25, 0.3) is 0 Å². The van der Waals surface area contributed by atoms with E-state index >= 15 is 0 Å². The molecule has 31 heavy (non-hydrogen) atoms. The standard InChI is InChI=1S/C27H43NO3/c1-14-10-22(30)25-15(2)18-6-7-19-20-5-4-16-11-17(29)8-9-27(16,3)24(20)26(31)23(19)21(18)13-28(25)12-14/h14-19,21-23,25-26,29-31H,4-13H2,1-3H3/t14-,15-,16-,17+,18?,19?,21-,22?,23?,25?,26?,27+/m1/s1. The summed E-state index contributed by atoms with van der Waals surface area (Å²) in [7, 11) is 0. The average Bonchev–Trinajstić information content (AvgIpc) is 3.01. The number of hydrogen-bond donors (Lipinski definition) is 3. The lowest BCUT2D eigenvalue weighted by molar-refractivity contribution is -0.126. The zero-order valence-electron chi connectivity index (χ0n) is 19.7. The van der Waals surface area contributed by atoms with Crippen LogP contribution in [0.25, 0.3) is 0 Å². The smallest absolute Gasteiger partial charge is 0.0795 e. The van der Waals surface area contributed by atoms with Gasteiger partial charge in [-0.2, -0.15) is 0 Å². The number of aliphatic hydroxyl groups excluding tert-OH is 3. The zero-order chi connectivity index (χ0) is 21.7. The lowest BCUT2D eigenvalue weighted by Gasteiger charge is -2.57. The number of allylic oxidation sites excluding steroid dienone is 1. The normalized spacial score (nSPS) is 56.9. The van der Waals surface area contributed by atoms with Gasteiger partial charge in [0, 0.05) is 19.1 Å². The minimum absolute atomic E-state index is 0.0950. The van der Waals surface area contributed by atoms with Crippen LogP contribution >= 0.6 is 0 Å². The van der Waals surface area contributed by atoms with Gasteiger partial charge in [-0.3, -0.25) is 4.90 Å². The van der Waals surface area contributed by atoms with E-state index in [0.29, 0.717) is 47.5 Å². The monoisotopic (exact) mass is 429 g/mol. The second-order valence-electron chi connectivity index (χ2n) is 12.8. The van der Waals surface area contributed by atoms with E-state index in [4.69, 9.17) is 0 Å². The highest BCUT2D eigenvalue weighted by atomic mass is 16.3. The third kappa shape index (κ3) is 2.93. The summed E-state index contributed by atoms with van der Waals surface area (Å²) in [6.45, 7) is 9.26. The number of aliphatic hydroxyl groups is 3. The van der Waals surface area contributed by atoms with E-state index in [0.717, 1.165) is 45.2 Å². The van der Waals surface area contributed by atoms with Crippen molar-refractivity contribution in [3.63, 3.8) is 0 Å². The lowest BCUT2D eigenvalue weighted by atomic mass is 9.57. The van der Waals surface area contributed by atoms with Gasteiger partial charge in [0.05, 0.1) is 18.3 Å². The van der Waals surface area contributed by atoms with Crippen LogP contribution in [-0.4, -0.2) is 57.7 Å². The Morgan fingerprint density at radius 2 is 1.74 bits per heavy atom. The molecule has 3 N–H and O–H groups in total. The van der Waals surface area contributed by atoms with E-state index in [1.165, 1.54) is 24.8 Å². The Balaban J connectivity index is 1.32. The van der Waals surface area contributed by atoms with Gasteiger partial charge in [0.1, 0.15) is 0 Å². The first kappa shape index (κ1) is 21.1. The van der Waals surface area contributed by atoms with Crippen LogP contribution in [0.5, 0.6) is 0 Å². The maximum absolute atomic E-state index is 11.9. The van der Waals surface area contributed by atoms with Gasteiger partial charge in [-0.1, -0.05) is 26.3 Å². The molecule has 6 rings (SSSR count). The maximum Gasteiger partial charge on any atom is 0.0795 e. The van der Waals surface area contributed by atoms with Gasteiger partial charge in [0.2, 0.25) is 0 Å². The predicted molar refractivity (Wildman–Crippen MR) is 121 cm³/mol. The van der Waals surface area contributed by atoms with Crippen molar-refractivity contribution in [3.8, 4) is 0 Å². The number of rotatable bonds is 0. The summed E-state index contributed by atoms with van der Waals surface area (Å²) in [4.78, 5) is 2.61. The Labute approximate surface area is 188 Å². The van der Waals surface area contributed by atoms with E-state index in [1.54, 1.807) is 5.57 Å². The first-order chi connectivity index (χ1) is 14.8. The molecule has 6 aliphatic rings. The van der Waals surface area contributed by atoms with Gasteiger partial charge in [-0.15, -0.1) is 0 Å². The Morgan fingerprint density at radius 1 is 0.935 bits per heavy atom. The van der Waals surface area contributed by atoms with Crippen molar-refractivity contribution in [1.82, 2.24) is 4.90 Å². The molecule has 0 spiro atoms. The van der Waals surface area contributed by atoms with Crippen molar-refractivity contribution in [1.29, 1.82) is 0 Å². The van der Waals surface area contributed by atoms with Crippen molar-refractivity contribution < 1.29 is 15.3 Å². The van der Waals surface area contributed by atoms with Crippen molar-refractivity contribution in [2.45, 2.75) is 96.5 Å². The molecular weight excluding hydrogens is 386 g/mol. The highest BCUT2D eigenvalue weighted by Crippen LogP contribution is 2.64. The van der Waals surface area contributed by atoms with Crippen LogP contribution < -0.4 is 0 Å². The molecule has 4 heteroatoms. The molecule has 0 bridgehead atoms. The third-order valence-electron chi connectivity index (χ3n) is 11.3. The average molecular weight is 430 g/mol. The molecule has 12 atom stereocenters. The van der Waals surface area contributed by atoms with Crippen LogP contribution in [0.3, 0.4) is 0 Å². The first-order valence-corrected chi connectivity index (χ1v) is 13.3. The number of fused-ring (bicyclic) bond motifs is 7. The molecule has 4 nitrogen and oxygen atoms in total. The number of piperidine rings is 2. The summed E-state index contributed by atoms with van der Waals surface area (Å²) in [5.41, 5.74) is 3.15. The second-order valence-corrected chi connectivity index (χ2v) is 12.8. The van der Waals surface area contributed by atoms with E-state index in [1.807, 2.05) is 0 Å². The third-order valence-corrected chi connectivity index (χ3v) is 11.3. The van der Waals surface area contributed by atoms with Crippen LogP contribution in [0.4, 0.5) is 0 Å².